The normalized spacial score (nSPS) is 24.3. The SMILES string of the molecule is CCCCOC[C@@H]1C[C@@]2(CC(C(=O)CCc3nc(-c4ccccc4C)n[nH]3)OC2=O)C(=O)O1. The minimum atomic E-state index is -1.40. The maximum Gasteiger partial charge on any atom is 0.324 e. The van der Waals surface area contributed by atoms with Crippen LogP contribution in [0.25, 0.3) is 11.4 Å². The molecule has 3 atom stereocenters. The lowest BCUT2D eigenvalue weighted by Gasteiger charge is -2.12. The van der Waals surface area contributed by atoms with Gasteiger partial charge in [0.25, 0.3) is 0 Å². The molecule has 0 saturated carbocycles. The summed E-state index contributed by atoms with van der Waals surface area (Å²) >= 11 is 0. The van der Waals surface area contributed by atoms with E-state index in [1.807, 2.05) is 31.2 Å². The Bertz CT molecular complexity index is 1030. The molecular weight excluding hydrogens is 426 g/mol. The lowest BCUT2D eigenvalue weighted by Crippen LogP contribution is -2.31. The number of ketones is 1. The minimum absolute atomic E-state index is 0.0137. The molecule has 2 aromatic rings. The van der Waals surface area contributed by atoms with Crippen LogP contribution in [0.4, 0.5) is 0 Å². The van der Waals surface area contributed by atoms with Gasteiger partial charge in [0, 0.05) is 37.9 Å². The average Bonchev–Trinajstić information content (AvgIpc) is 3.49. The first-order chi connectivity index (χ1) is 15.9. The molecule has 0 amide bonds. The van der Waals surface area contributed by atoms with E-state index in [2.05, 4.69) is 22.1 Å². The molecule has 1 N–H and O–H groups in total. The van der Waals surface area contributed by atoms with Gasteiger partial charge in [-0.3, -0.25) is 19.5 Å². The first kappa shape index (κ1) is 23.1. The molecule has 2 fully saturated rings. The molecule has 0 radical (unpaired) electrons. The van der Waals surface area contributed by atoms with Crippen LogP contribution in [0.15, 0.2) is 24.3 Å². The van der Waals surface area contributed by atoms with E-state index in [-0.39, 0.29) is 31.7 Å². The van der Waals surface area contributed by atoms with Crippen LogP contribution >= 0.6 is 0 Å². The molecule has 33 heavy (non-hydrogen) atoms. The number of ether oxygens (including phenoxy) is 3. The van der Waals surface area contributed by atoms with Crippen LogP contribution in [0.5, 0.6) is 0 Å². The van der Waals surface area contributed by atoms with E-state index in [1.54, 1.807) is 0 Å². The summed E-state index contributed by atoms with van der Waals surface area (Å²) in [5.74, 6) is -0.397. The first-order valence-corrected chi connectivity index (χ1v) is 11.4. The quantitative estimate of drug-likeness (QED) is 0.330. The van der Waals surface area contributed by atoms with Crippen molar-refractivity contribution in [1.82, 2.24) is 15.2 Å². The number of aromatic nitrogens is 3. The van der Waals surface area contributed by atoms with Crippen LogP contribution in [0, 0.1) is 12.3 Å². The Labute approximate surface area is 192 Å². The second-order valence-corrected chi connectivity index (χ2v) is 8.73. The molecule has 2 aliphatic heterocycles. The number of nitrogens with zero attached hydrogens (tertiary/aromatic N) is 2. The van der Waals surface area contributed by atoms with Crippen molar-refractivity contribution in [3.63, 3.8) is 0 Å². The van der Waals surface area contributed by atoms with Gasteiger partial charge >= 0.3 is 11.9 Å². The van der Waals surface area contributed by atoms with Crippen molar-refractivity contribution in [2.45, 2.75) is 64.6 Å². The molecule has 1 aromatic carbocycles. The number of cyclic esters (lactones) is 2. The highest BCUT2D eigenvalue weighted by molar-refractivity contribution is 6.05. The highest BCUT2D eigenvalue weighted by Gasteiger charge is 2.62. The molecule has 1 aromatic heterocycles. The van der Waals surface area contributed by atoms with Crippen LogP contribution in [0.1, 0.15) is 50.4 Å². The number of aryl methyl sites for hydroxylation is 2. The lowest BCUT2D eigenvalue weighted by atomic mass is 9.81. The summed E-state index contributed by atoms with van der Waals surface area (Å²) in [4.78, 5) is 42.3. The molecule has 9 heteroatoms. The number of carbonyl (C=O) groups is 3. The summed E-state index contributed by atoms with van der Waals surface area (Å²) in [5.41, 5.74) is 0.578. The third kappa shape index (κ3) is 4.83. The lowest BCUT2D eigenvalue weighted by molar-refractivity contribution is -0.160. The molecule has 0 bridgehead atoms. The van der Waals surface area contributed by atoms with Crippen LogP contribution in [0.2, 0.25) is 0 Å². The average molecular weight is 456 g/mol. The zero-order valence-corrected chi connectivity index (χ0v) is 19.0. The Kier molecular flexibility index (Phi) is 6.88. The Hall–Kier alpha value is -3.07. The van der Waals surface area contributed by atoms with Crippen LogP contribution < -0.4 is 0 Å². The number of carbonyl (C=O) groups excluding carboxylic acids is 3. The Morgan fingerprint density at radius 1 is 1.21 bits per heavy atom. The van der Waals surface area contributed by atoms with Crippen molar-refractivity contribution < 1.29 is 28.6 Å². The summed E-state index contributed by atoms with van der Waals surface area (Å²) in [5, 5.41) is 7.11. The van der Waals surface area contributed by atoms with E-state index in [9.17, 15) is 14.4 Å². The van der Waals surface area contributed by atoms with Crippen LogP contribution in [0.3, 0.4) is 0 Å². The summed E-state index contributed by atoms with van der Waals surface area (Å²) in [6.45, 7) is 4.87. The maximum atomic E-state index is 12.8. The summed E-state index contributed by atoms with van der Waals surface area (Å²) in [7, 11) is 0. The highest BCUT2D eigenvalue weighted by Crippen LogP contribution is 2.45. The number of Topliss-reactive ketones (excluding diaryl/α,β-unsaturated/α-hetero) is 1. The van der Waals surface area contributed by atoms with Crippen molar-refractivity contribution in [3.05, 3.63) is 35.7 Å². The largest absolute Gasteiger partial charge is 0.459 e. The smallest absolute Gasteiger partial charge is 0.324 e. The fourth-order valence-corrected chi connectivity index (χ4v) is 4.28. The van der Waals surface area contributed by atoms with Gasteiger partial charge in [0.15, 0.2) is 23.1 Å². The molecule has 4 rings (SSSR count). The molecule has 2 aliphatic rings. The summed E-state index contributed by atoms with van der Waals surface area (Å²) in [6.07, 6.45) is 1.12. The van der Waals surface area contributed by atoms with Gasteiger partial charge in [-0.15, -0.1) is 0 Å². The van der Waals surface area contributed by atoms with Crippen LogP contribution in [-0.2, 0) is 35.0 Å². The Morgan fingerprint density at radius 2 is 2.00 bits per heavy atom. The predicted octanol–water partition coefficient (Wildman–Crippen LogP) is 2.72. The van der Waals surface area contributed by atoms with Crippen molar-refractivity contribution in [2.24, 2.45) is 5.41 Å². The molecule has 3 heterocycles. The molecule has 1 unspecified atom stereocenters. The number of hydrogen-bond donors (Lipinski definition) is 1. The van der Waals surface area contributed by atoms with E-state index in [0.717, 1.165) is 24.0 Å². The number of unbranched alkanes of at least 4 members (excludes halogenated alkanes) is 1. The van der Waals surface area contributed by atoms with Gasteiger partial charge in [-0.25, -0.2) is 4.98 Å². The molecule has 0 aliphatic carbocycles. The molecule has 2 saturated heterocycles. The number of rotatable bonds is 10. The summed E-state index contributed by atoms with van der Waals surface area (Å²) in [6, 6.07) is 7.79. The summed E-state index contributed by atoms with van der Waals surface area (Å²) < 4.78 is 16.2. The molecular formula is C24H29N3O6. The fraction of sp³-hybridized carbons (Fsp3) is 0.542. The zero-order valence-electron chi connectivity index (χ0n) is 19.0. The predicted molar refractivity (Wildman–Crippen MR) is 117 cm³/mol. The number of H-pyrrole nitrogens is 1. The van der Waals surface area contributed by atoms with Gasteiger partial charge in [0.05, 0.1) is 6.61 Å². The topological polar surface area (TPSA) is 120 Å². The number of benzene rings is 1. The van der Waals surface area contributed by atoms with E-state index in [1.165, 1.54) is 0 Å². The molecule has 1 spiro atoms. The van der Waals surface area contributed by atoms with Crippen molar-refractivity contribution in [3.8, 4) is 11.4 Å². The maximum absolute atomic E-state index is 12.8. The van der Waals surface area contributed by atoms with Gasteiger partial charge in [-0.05, 0) is 18.9 Å². The standard InChI is InChI=1S/C24H29N3O6/c1-3-4-11-31-14-16-12-24(22(29)32-16)13-19(33-23(24)30)18(28)9-10-20-25-21(27-26-20)17-8-6-5-7-15(17)2/h5-8,16,19H,3-4,9-14H2,1-2H3,(H,25,26,27)/t16-,19?,24+/m0/s1. The second kappa shape index (κ2) is 9.82. The van der Waals surface area contributed by atoms with Gasteiger partial charge in [0.1, 0.15) is 11.9 Å². The van der Waals surface area contributed by atoms with Gasteiger partial charge < -0.3 is 14.2 Å². The Morgan fingerprint density at radius 3 is 2.79 bits per heavy atom. The van der Waals surface area contributed by atoms with Crippen molar-refractivity contribution >= 4 is 17.7 Å². The fourth-order valence-electron chi connectivity index (χ4n) is 4.28. The number of nitrogens with one attached hydrogen (secondary N) is 1. The zero-order chi connectivity index (χ0) is 23.4. The Balaban J connectivity index is 1.32. The third-order valence-electron chi connectivity index (χ3n) is 6.25. The monoisotopic (exact) mass is 455 g/mol. The molecule has 176 valence electrons. The van der Waals surface area contributed by atoms with E-state index < -0.39 is 29.6 Å². The number of hydrogen-bond acceptors (Lipinski definition) is 8. The number of esters is 2. The highest BCUT2D eigenvalue weighted by atomic mass is 16.6. The van der Waals surface area contributed by atoms with E-state index >= 15 is 0 Å². The van der Waals surface area contributed by atoms with E-state index in [0.29, 0.717) is 24.7 Å². The van der Waals surface area contributed by atoms with E-state index in [4.69, 9.17) is 14.2 Å². The van der Waals surface area contributed by atoms with Gasteiger partial charge in [-0.1, -0.05) is 37.6 Å². The minimum Gasteiger partial charge on any atom is -0.459 e. The van der Waals surface area contributed by atoms with Gasteiger partial charge in [0.2, 0.25) is 0 Å². The third-order valence-corrected chi connectivity index (χ3v) is 6.25. The van der Waals surface area contributed by atoms with Crippen molar-refractivity contribution in [2.75, 3.05) is 13.2 Å². The number of aromatic amines is 1. The van der Waals surface area contributed by atoms with Gasteiger partial charge in [-0.2, -0.15) is 5.10 Å². The molecule has 9 nitrogen and oxygen atoms in total. The van der Waals surface area contributed by atoms with Crippen LogP contribution in [-0.4, -0.2) is 58.3 Å². The first-order valence-electron chi connectivity index (χ1n) is 11.4. The van der Waals surface area contributed by atoms with Crippen molar-refractivity contribution in [1.29, 1.82) is 0 Å². The second-order valence-electron chi connectivity index (χ2n) is 8.73.